The van der Waals surface area contributed by atoms with Gasteiger partial charge in [0.15, 0.2) is 5.13 Å². The van der Waals surface area contributed by atoms with Crippen LogP contribution in [-0.2, 0) is 17.8 Å². The summed E-state index contributed by atoms with van der Waals surface area (Å²) in [6.07, 6.45) is 3.76. The van der Waals surface area contributed by atoms with Crippen LogP contribution in [-0.4, -0.2) is 23.0 Å². The quantitative estimate of drug-likeness (QED) is 0.423. The van der Waals surface area contributed by atoms with Crippen LogP contribution in [0.3, 0.4) is 0 Å². The summed E-state index contributed by atoms with van der Waals surface area (Å²) in [6, 6.07) is 11.3. The minimum Gasteiger partial charge on any atom is -0.494 e. The fraction of sp³-hybridized carbons (Fsp3) is 0.150. The monoisotopic (exact) mass is 429 g/mol. The molecule has 3 heterocycles. The standard InChI is InChI=1S/C20H16ClN3O2S2/c1-26-16-5-4-15(21)19-18(16)23-20(28-19)24(12-13-6-8-22-9-7-13)17(25)11-14-3-2-10-27-14/h2-10H,11-12H2,1H3. The lowest BCUT2D eigenvalue weighted by atomic mass is 10.2. The van der Waals surface area contributed by atoms with Crippen molar-refractivity contribution in [1.82, 2.24) is 9.97 Å². The van der Waals surface area contributed by atoms with Crippen LogP contribution in [0.25, 0.3) is 10.2 Å². The van der Waals surface area contributed by atoms with Crippen LogP contribution in [0.15, 0.2) is 54.2 Å². The number of thiophene rings is 1. The van der Waals surface area contributed by atoms with Gasteiger partial charge in [-0.15, -0.1) is 11.3 Å². The maximum atomic E-state index is 13.2. The van der Waals surface area contributed by atoms with Crippen LogP contribution < -0.4 is 9.64 Å². The summed E-state index contributed by atoms with van der Waals surface area (Å²) < 4.78 is 6.22. The maximum absolute atomic E-state index is 13.2. The lowest BCUT2D eigenvalue weighted by Crippen LogP contribution is -2.31. The molecule has 0 atom stereocenters. The number of pyridine rings is 1. The van der Waals surface area contributed by atoms with Crippen molar-refractivity contribution in [3.8, 4) is 5.75 Å². The van der Waals surface area contributed by atoms with Crippen molar-refractivity contribution in [2.24, 2.45) is 0 Å². The van der Waals surface area contributed by atoms with Crippen molar-refractivity contribution >= 4 is 55.5 Å². The molecular formula is C20H16ClN3O2S2. The topological polar surface area (TPSA) is 55.3 Å². The van der Waals surface area contributed by atoms with Crippen molar-refractivity contribution in [1.29, 1.82) is 0 Å². The van der Waals surface area contributed by atoms with Gasteiger partial charge in [0.05, 0.1) is 29.8 Å². The number of rotatable bonds is 6. The Morgan fingerprint density at radius 1 is 1.21 bits per heavy atom. The number of aromatic nitrogens is 2. The Morgan fingerprint density at radius 3 is 2.75 bits per heavy atom. The molecule has 0 N–H and O–H groups in total. The number of hydrogen-bond donors (Lipinski definition) is 0. The molecule has 0 aliphatic rings. The molecule has 0 aliphatic heterocycles. The minimum absolute atomic E-state index is 0.0200. The third-order valence-electron chi connectivity index (χ3n) is 4.19. The number of methoxy groups -OCH3 is 1. The lowest BCUT2D eigenvalue weighted by molar-refractivity contribution is -0.118. The van der Waals surface area contributed by atoms with Gasteiger partial charge in [-0.2, -0.15) is 0 Å². The number of hydrogen-bond acceptors (Lipinski definition) is 6. The molecule has 4 rings (SSSR count). The number of ether oxygens (including phenoxy) is 1. The first-order chi connectivity index (χ1) is 13.7. The first kappa shape index (κ1) is 18.9. The molecule has 5 nitrogen and oxygen atoms in total. The molecular weight excluding hydrogens is 414 g/mol. The van der Waals surface area contributed by atoms with Gasteiger partial charge in [-0.3, -0.25) is 14.7 Å². The Morgan fingerprint density at radius 2 is 2.04 bits per heavy atom. The van der Waals surface area contributed by atoms with E-state index in [2.05, 4.69) is 4.98 Å². The smallest absolute Gasteiger partial charge is 0.234 e. The second-order valence-corrected chi connectivity index (χ2v) is 8.43. The van der Waals surface area contributed by atoms with E-state index in [0.717, 1.165) is 15.1 Å². The van der Waals surface area contributed by atoms with Crippen LogP contribution in [0.1, 0.15) is 10.4 Å². The van der Waals surface area contributed by atoms with Crippen molar-refractivity contribution in [3.63, 3.8) is 0 Å². The fourth-order valence-corrected chi connectivity index (χ4v) is 4.78. The zero-order chi connectivity index (χ0) is 19.5. The molecule has 0 radical (unpaired) electrons. The molecule has 0 bridgehead atoms. The lowest BCUT2D eigenvalue weighted by Gasteiger charge is -2.19. The number of benzene rings is 1. The first-order valence-electron chi connectivity index (χ1n) is 8.50. The van der Waals surface area contributed by atoms with Crippen LogP contribution in [0.5, 0.6) is 5.75 Å². The minimum atomic E-state index is -0.0200. The van der Waals surface area contributed by atoms with Crippen molar-refractivity contribution < 1.29 is 9.53 Å². The largest absolute Gasteiger partial charge is 0.494 e. The summed E-state index contributed by atoms with van der Waals surface area (Å²) in [5.41, 5.74) is 1.64. The molecule has 3 aromatic heterocycles. The molecule has 0 fully saturated rings. The number of anilines is 1. The van der Waals surface area contributed by atoms with E-state index in [-0.39, 0.29) is 5.91 Å². The summed E-state index contributed by atoms with van der Waals surface area (Å²) in [5, 5.41) is 3.16. The van der Waals surface area contributed by atoms with Crippen molar-refractivity contribution in [2.75, 3.05) is 12.0 Å². The molecule has 0 saturated heterocycles. The van der Waals surface area contributed by atoms with Gasteiger partial charge in [0.25, 0.3) is 0 Å². The van der Waals surface area contributed by atoms with Crippen LogP contribution in [0, 0.1) is 0 Å². The maximum Gasteiger partial charge on any atom is 0.234 e. The Hall–Kier alpha value is -2.48. The van der Waals surface area contributed by atoms with Gasteiger partial charge < -0.3 is 4.74 Å². The van der Waals surface area contributed by atoms with Gasteiger partial charge in [-0.1, -0.05) is 29.0 Å². The highest BCUT2D eigenvalue weighted by Gasteiger charge is 2.23. The summed E-state index contributed by atoms with van der Waals surface area (Å²) in [6.45, 7) is 0.409. The molecule has 1 amide bonds. The molecule has 0 unspecified atom stereocenters. The number of nitrogens with zero attached hydrogens (tertiary/aromatic N) is 3. The molecule has 0 saturated carbocycles. The highest BCUT2D eigenvalue weighted by atomic mass is 35.5. The molecule has 0 aliphatic carbocycles. The van der Waals surface area contributed by atoms with Crippen LogP contribution >= 0.6 is 34.3 Å². The van der Waals surface area contributed by atoms with E-state index in [1.54, 1.807) is 47.9 Å². The summed E-state index contributed by atoms with van der Waals surface area (Å²) in [5.74, 6) is 0.616. The molecule has 0 spiro atoms. The Kier molecular flexibility index (Phi) is 5.57. The Labute approximate surface area is 175 Å². The van der Waals surface area contributed by atoms with Gasteiger partial charge in [0.2, 0.25) is 5.91 Å². The zero-order valence-electron chi connectivity index (χ0n) is 15.0. The molecule has 8 heteroatoms. The van der Waals surface area contributed by atoms with Gasteiger partial charge in [-0.25, -0.2) is 4.98 Å². The number of carbonyl (C=O) groups excluding carboxylic acids is 1. The average molecular weight is 430 g/mol. The SMILES string of the molecule is COc1ccc(Cl)c2sc(N(Cc3ccncc3)C(=O)Cc3cccs3)nc12. The highest BCUT2D eigenvalue weighted by molar-refractivity contribution is 7.23. The third-order valence-corrected chi connectivity index (χ3v) is 6.61. The van der Waals surface area contributed by atoms with E-state index in [9.17, 15) is 4.79 Å². The number of amides is 1. The first-order valence-corrected chi connectivity index (χ1v) is 10.6. The number of halogens is 1. The predicted octanol–water partition coefficient (Wildman–Crippen LogP) is 5.19. The van der Waals surface area contributed by atoms with E-state index < -0.39 is 0 Å². The number of thiazole rings is 1. The van der Waals surface area contributed by atoms with Crippen molar-refractivity contribution in [2.45, 2.75) is 13.0 Å². The van der Waals surface area contributed by atoms with Crippen LogP contribution in [0.4, 0.5) is 5.13 Å². The van der Waals surface area contributed by atoms with Crippen molar-refractivity contribution in [3.05, 3.63) is 69.6 Å². The second-order valence-electron chi connectivity index (χ2n) is 6.02. The predicted molar refractivity (Wildman–Crippen MR) is 115 cm³/mol. The molecule has 142 valence electrons. The summed E-state index contributed by atoms with van der Waals surface area (Å²) in [7, 11) is 1.60. The summed E-state index contributed by atoms with van der Waals surface area (Å²) >= 11 is 9.32. The normalized spacial score (nSPS) is 10.9. The Bertz CT molecular complexity index is 1100. The van der Waals surface area contributed by atoms with Gasteiger partial charge in [0.1, 0.15) is 11.3 Å². The van der Waals surface area contributed by atoms with Gasteiger partial charge in [-0.05, 0) is 41.3 Å². The number of carbonyl (C=O) groups is 1. The molecule has 28 heavy (non-hydrogen) atoms. The van der Waals surface area contributed by atoms with E-state index in [1.165, 1.54) is 11.3 Å². The third kappa shape index (κ3) is 3.87. The second kappa shape index (κ2) is 8.26. The highest BCUT2D eigenvalue weighted by Crippen LogP contribution is 2.39. The fourth-order valence-electron chi connectivity index (χ4n) is 2.81. The number of fused-ring (bicyclic) bond motifs is 1. The van der Waals surface area contributed by atoms with Gasteiger partial charge in [0, 0.05) is 17.3 Å². The zero-order valence-corrected chi connectivity index (χ0v) is 17.4. The van der Waals surface area contributed by atoms with E-state index in [0.29, 0.717) is 34.4 Å². The van der Waals surface area contributed by atoms with Gasteiger partial charge >= 0.3 is 0 Å². The average Bonchev–Trinajstić information content (AvgIpc) is 3.37. The van der Waals surface area contributed by atoms with Crippen LogP contribution in [0.2, 0.25) is 5.02 Å². The molecule has 4 aromatic rings. The summed E-state index contributed by atoms with van der Waals surface area (Å²) in [4.78, 5) is 24.6. The van der Waals surface area contributed by atoms with E-state index in [4.69, 9.17) is 21.3 Å². The van der Waals surface area contributed by atoms with E-state index in [1.807, 2.05) is 29.6 Å². The molecule has 1 aromatic carbocycles. The Balaban J connectivity index is 1.75. The van der Waals surface area contributed by atoms with E-state index >= 15 is 0 Å².